The Morgan fingerprint density at radius 3 is 1.98 bits per heavy atom. The summed E-state index contributed by atoms with van der Waals surface area (Å²) in [6, 6.07) is 0. The number of hydrogen-bond donors (Lipinski definition) is 8. The van der Waals surface area contributed by atoms with E-state index in [-0.39, 0.29) is 40.8 Å². The summed E-state index contributed by atoms with van der Waals surface area (Å²) in [6.07, 6.45) is -13.5. The number of aliphatic hydroxyl groups excluding tert-OH is 8. The van der Waals surface area contributed by atoms with Gasteiger partial charge < -0.3 is 74.0 Å². The van der Waals surface area contributed by atoms with Crippen LogP contribution in [0.15, 0.2) is 11.6 Å². The highest BCUT2D eigenvalue weighted by Crippen LogP contribution is 2.68. The van der Waals surface area contributed by atoms with Crippen molar-refractivity contribution in [3.05, 3.63) is 11.6 Å². The van der Waals surface area contributed by atoms with E-state index in [2.05, 4.69) is 19.9 Å². The van der Waals surface area contributed by atoms with Gasteiger partial charge in [-0.2, -0.15) is 0 Å². The molecule has 0 amide bonds. The van der Waals surface area contributed by atoms with E-state index in [4.69, 9.17) is 33.2 Å². The molecule has 16 heteroatoms. The maximum Gasteiger partial charge on any atom is 0.309 e. The first kappa shape index (κ1) is 41.4. The number of ether oxygens (including phenoxy) is 7. The van der Waals surface area contributed by atoms with Crippen molar-refractivity contribution in [2.75, 3.05) is 6.61 Å². The summed E-state index contributed by atoms with van der Waals surface area (Å²) in [4.78, 5) is 12.5. The maximum atomic E-state index is 12.5. The second-order valence-electron chi connectivity index (χ2n) is 18.6. The highest BCUT2D eigenvalue weighted by Gasteiger charge is 2.66. The second kappa shape index (κ2) is 15.3. The molecule has 6 unspecified atom stereocenters. The van der Waals surface area contributed by atoms with Gasteiger partial charge in [-0.25, -0.2) is 0 Å². The molecule has 4 aliphatic heterocycles. The molecule has 3 saturated carbocycles. The fourth-order valence-electron chi connectivity index (χ4n) is 12.4. The van der Waals surface area contributed by atoms with E-state index in [0.29, 0.717) is 30.6 Å². The summed E-state index contributed by atoms with van der Waals surface area (Å²) in [7, 11) is 0. The van der Waals surface area contributed by atoms with E-state index >= 15 is 0 Å². The maximum absolute atomic E-state index is 12.5. The van der Waals surface area contributed by atoms with Gasteiger partial charge in [0.25, 0.3) is 0 Å². The lowest BCUT2D eigenvalue weighted by molar-refractivity contribution is -0.388. The molecule has 0 aromatic carbocycles. The molecule has 8 rings (SSSR count). The molecule has 0 bridgehead atoms. The number of carbonyl (C=O) groups is 1. The smallest absolute Gasteiger partial charge is 0.309 e. The van der Waals surface area contributed by atoms with Gasteiger partial charge in [-0.15, -0.1) is 0 Å². The van der Waals surface area contributed by atoms with Gasteiger partial charge in [0.15, 0.2) is 18.9 Å². The van der Waals surface area contributed by atoms with Crippen molar-refractivity contribution in [2.45, 2.75) is 184 Å². The average molecular weight is 799 g/mol. The summed E-state index contributed by atoms with van der Waals surface area (Å²) in [5.41, 5.74) is 1.32. The Morgan fingerprint density at radius 1 is 0.732 bits per heavy atom. The number of esters is 1. The summed E-state index contributed by atoms with van der Waals surface area (Å²) < 4.78 is 42.2. The van der Waals surface area contributed by atoms with Crippen LogP contribution in [0, 0.1) is 40.4 Å². The lowest BCUT2D eigenvalue weighted by Gasteiger charge is -2.58. The first-order valence-electron chi connectivity index (χ1n) is 20.7. The third-order valence-electron chi connectivity index (χ3n) is 15.6. The average Bonchev–Trinajstić information content (AvgIpc) is 3.63. The molecule has 8 aliphatic rings. The van der Waals surface area contributed by atoms with Crippen molar-refractivity contribution in [2.24, 2.45) is 40.4 Å². The number of rotatable bonds is 7. The van der Waals surface area contributed by atoms with E-state index in [9.17, 15) is 45.6 Å². The molecule has 318 valence electrons. The van der Waals surface area contributed by atoms with Gasteiger partial charge in [-0.3, -0.25) is 4.79 Å². The number of carbonyl (C=O) groups excluding carboxylic acids is 1. The zero-order valence-corrected chi connectivity index (χ0v) is 32.8. The topological polar surface area (TPSA) is 244 Å². The number of allylic oxidation sites excluding steroid dienone is 1. The van der Waals surface area contributed by atoms with Crippen LogP contribution in [0.1, 0.15) is 79.6 Å². The van der Waals surface area contributed by atoms with Crippen LogP contribution in [0.25, 0.3) is 0 Å². The highest BCUT2D eigenvalue weighted by molar-refractivity contribution is 5.75. The molecule has 24 atom stereocenters. The van der Waals surface area contributed by atoms with Gasteiger partial charge in [-0.05, 0) is 87.4 Å². The van der Waals surface area contributed by atoms with Crippen molar-refractivity contribution >= 4 is 5.97 Å². The predicted octanol–water partition coefficient (Wildman–Crippen LogP) is -0.374. The Hall–Kier alpha value is -1.35. The monoisotopic (exact) mass is 798 g/mol. The Morgan fingerprint density at radius 2 is 1.36 bits per heavy atom. The van der Waals surface area contributed by atoms with Crippen molar-refractivity contribution in [1.82, 2.24) is 0 Å². The lowest BCUT2D eigenvalue weighted by Crippen LogP contribution is -2.66. The standard InChI is InChI=1S/C40H62O16/c1-15-25-23(53-35(15)49)13-22-20-7-6-18-12-19(8-10-39(18,4)21(20)9-11-40(22,25)5)52-38-34(56-37-31(47)29(45)27(43)17(3)51-37)32(48)33(24(14-41)54-38)55-36-30(46)28(44)26(42)16(2)50-36/h6,15-17,19-34,36-38,41-48H,7-14H2,1-5H3/t15-,16+,17+,19?,20?,21?,22?,23?,24+,25?,26-,27-,28+,29+,30+,31+,32-,33+,34+,36-,37-,38+,39-,40-/m0/s1. The molecule has 4 heterocycles. The van der Waals surface area contributed by atoms with Crippen LogP contribution in [0.5, 0.6) is 0 Å². The molecule has 0 aromatic heterocycles. The largest absolute Gasteiger partial charge is 0.462 e. The van der Waals surface area contributed by atoms with E-state index in [1.54, 1.807) is 0 Å². The van der Waals surface area contributed by atoms with Crippen LogP contribution in [-0.2, 0) is 38.0 Å². The Kier molecular flexibility index (Phi) is 11.3. The summed E-state index contributed by atoms with van der Waals surface area (Å²) >= 11 is 0. The van der Waals surface area contributed by atoms with E-state index < -0.39 is 98.7 Å². The van der Waals surface area contributed by atoms with Crippen LogP contribution >= 0.6 is 0 Å². The zero-order valence-electron chi connectivity index (χ0n) is 32.8. The fourth-order valence-corrected chi connectivity index (χ4v) is 12.4. The van der Waals surface area contributed by atoms with Crippen LogP contribution in [0.3, 0.4) is 0 Å². The minimum Gasteiger partial charge on any atom is -0.462 e. The van der Waals surface area contributed by atoms with Crippen molar-refractivity contribution < 1.29 is 78.8 Å². The molecule has 8 N–H and O–H groups in total. The van der Waals surface area contributed by atoms with Crippen LogP contribution < -0.4 is 0 Å². The van der Waals surface area contributed by atoms with Gasteiger partial charge in [0.2, 0.25) is 0 Å². The molecule has 4 aliphatic carbocycles. The van der Waals surface area contributed by atoms with E-state index in [0.717, 1.165) is 32.1 Å². The second-order valence-corrected chi connectivity index (χ2v) is 18.6. The third kappa shape index (κ3) is 6.62. The van der Waals surface area contributed by atoms with E-state index in [1.165, 1.54) is 19.4 Å². The first-order valence-corrected chi connectivity index (χ1v) is 20.7. The highest BCUT2D eigenvalue weighted by atomic mass is 16.8. The molecule has 56 heavy (non-hydrogen) atoms. The SMILES string of the molecule is C[C@@H]1C(=O)OC2CC3C4CC=C5CC(O[C@@H]6O[C@H](CO)[C@@H](O[C@@H]7O[C@H](C)[C@H](O)[C@@H](O)[C@H]7O)[C@H](O)[C@H]6O[C@@H]6O[C@H](C)[C@H](O)[C@@H](O)[C@H]6O)CC[C@]5(C)C4CC[C@]3(C)C21. The minimum atomic E-state index is -1.72. The molecule has 7 fully saturated rings. The van der Waals surface area contributed by atoms with Crippen molar-refractivity contribution in [3.8, 4) is 0 Å². The van der Waals surface area contributed by atoms with Gasteiger partial charge in [0.05, 0.1) is 30.8 Å². The van der Waals surface area contributed by atoms with Crippen LogP contribution in [0.2, 0.25) is 0 Å². The fraction of sp³-hybridized carbons (Fsp3) is 0.925. The van der Waals surface area contributed by atoms with Gasteiger partial charge in [0.1, 0.15) is 67.1 Å². The van der Waals surface area contributed by atoms with Gasteiger partial charge in [0, 0.05) is 5.92 Å². The van der Waals surface area contributed by atoms with Gasteiger partial charge in [-0.1, -0.05) is 32.4 Å². The molecule has 0 radical (unpaired) electrons. The predicted molar refractivity (Wildman–Crippen MR) is 191 cm³/mol. The molecule has 0 aromatic rings. The molecule has 4 saturated heterocycles. The third-order valence-corrected chi connectivity index (χ3v) is 15.6. The van der Waals surface area contributed by atoms with E-state index in [1.807, 2.05) is 6.92 Å². The zero-order chi connectivity index (χ0) is 40.2. The number of hydrogen-bond acceptors (Lipinski definition) is 16. The van der Waals surface area contributed by atoms with Crippen LogP contribution in [0.4, 0.5) is 0 Å². The number of aliphatic hydroxyl groups is 8. The van der Waals surface area contributed by atoms with Gasteiger partial charge >= 0.3 is 5.97 Å². The molecule has 16 nitrogen and oxygen atoms in total. The lowest BCUT2D eigenvalue weighted by atomic mass is 9.47. The quantitative estimate of drug-likeness (QED) is 0.121. The normalized spacial score (nSPS) is 57.0. The van der Waals surface area contributed by atoms with Crippen molar-refractivity contribution in [3.63, 3.8) is 0 Å². The van der Waals surface area contributed by atoms with Crippen molar-refractivity contribution in [1.29, 1.82) is 0 Å². The number of fused-ring (bicyclic) bond motifs is 7. The Balaban J connectivity index is 1.01. The summed E-state index contributed by atoms with van der Waals surface area (Å²) in [5, 5.41) is 85.4. The first-order chi connectivity index (χ1) is 26.5. The van der Waals surface area contributed by atoms with Crippen LogP contribution in [-0.4, -0.2) is 158 Å². The minimum absolute atomic E-state index is 0.00213. The summed E-state index contributed by atoms with van der Waals surface area (Å²) in [5.74, 6) is 1.57. The molecule has 0 spiro atoms. The summed E-state index contributed by atoms with van der Waals surface area (Å²) in [6.45, 7) is 9.10. The molecular weight excluding hydrogens is 736 g/mol. The molecular formula is C40H62O16. The Labute approximate surface area is 327 Å². The Bertz CT molecular complexity index is 1480.